The fraction of sp³-hybridized carbons (Fsp3) is 0.444. The average molecular weight is 362 g/mol. The van der Waals surface area contributed by atoms with Crippen molar-refractivity contribution in [3.8, 4) is 0 Å². The normalized spacial score (nSPS) is 15.2. The van der Waals surface area contributed by atoms with Gasteiger partial charge in [0.1, 0.15) is 17.5 Å². The van der Waals surface area contributed by atoms with Crippen molar-refractivity contribution in [3.05, 3.63) is 40.7 Å². The lowest BCUT2D eigenvalue weighted by molar-refractivity contribution is 0.0398. The first-order valence-electron chi connectivity index (χ1n) is 8.53. The molecule has 1 aliphatic rings. The van der Waals surface area contributed by atoms with Crippen LogP contribution in [-0.2, 0) is 4.74 Å². The van der Waals surface area contributed by atoms with Gasteiger partial charge >= 0.3 is 0 Å². The van der Waals surface area contributed by atoms with Crippen molar-refractivity contribution in [3.63, 3.8) is 0 Å². The molecule has 0 aliphatic carbocycles. The topological polar surface area (TPSA) is 62.3 Å². The molecule has 1 saturated heterocycles. The highest BCUT2D eigenvalue weighted by Crippen LogP contribution is 2.23. The van der Waals surface area contributed by atoms with Crippen LogP contribution < -0.4 is 10.6 Å². The van der Waals surface area contributed by atoms with E-state index in [0.29, 0.717) is 0 Å². The maximum atomic E-state index is 6.02. The Labute approximate surface area is 153 Å². The summed E-state index contributed by atoms with van der Waals surface area (Å²) in [7, 11) is 0. The number of hydrogen-bond acceptors (Lipinski definition) is 6. The number of morpholine rings is 1. The van der Waals surface area contributed by atoms with Gasteiger partial charge in [0.15, 0.2) is 0 Å². The molecule has 7 heteroatoms. The minimum Gasteiger partial charge on any atom is -0.379 e. The van der Waals surface area contributed by atoms with Crippen LogP contribution in [0.2, 0.25) is 5.02 Å². The molecule has 1 aromatic heterocycles. The van der Waals surface area contributed by atoms with Crippen LogP contribution >= 0.6 is 11.6 Å². The number of hydrogen-bond donors (Lipinski definition) is 2. The van der Waals surface area contributed by atoms with E-state index in [2.05, 4.69) is 25.5 Å². The van der Waals surface area contributed by atoms with Crippen molar-refractivity contribution in [1.29, 1.82) is 0 Å². The van der Waals surface area contributed by atoms with Crippen LogP contribution in [0.25, 0.3) is 0 Å². The Kier molecular flexibility index (Phi) is 6.07. The fourth-order valence-corrected chi connectivity index (χ4v) is 3.02. The smallest absolute Gasteiger partial charge is 0.136 e. The molecule has 2 heterocycles. The molecule has 0 bridgehead atoms. The summed E-state index contributed by atoms with van der Waals surface area (Å²) in [5, 5.41) is 7.46. The second-order valence-electron chi connectivity index (χ2n) is 6.15. The molecule has 0 atom stereocenters. The highest BCUT2D eigenvalue weighted by molar-refractivity contribution is 6.30. The molecule has 0 saturated carbocycles. The highest BCUT2D eigenvalue weighted by Gasteiger charge is 2.10. The quantitative estimate of drug-likeness (QED) is 0.823. The second kappa shape index (κ2) is 8.47. The number of rotatable bonds is 6. The van der Waals surface area contributed by atoms with Crippen LogP contribution in [-0.4, -0.2) is 54.3 Å². The number of aryl methyl sites for hydroxylation is 2. The van der Waals surface area contributed by atoms with Gasteiger partial charge in [0, 0.05) is 43.0 Å². The summed E-state index contributed by atoms with van der Waals surface area (Å²) in [5.41, 5.74) is 2.06. The van der Waals surface area contributed by atoms with Crippen molar-refractivity contribution in [2.45, 2.75) is 13.8 Å². The standard InChI is InChI=1S/C18H24ClN5O/c1-13-11-15(19)3-4-16(13)23-18-12-17(21-14(2)22-18)20-5-6-24-7-9-25-10-8-24/h3-4,11-12H,5-10H2,1-2H3,(H2,20,21,22,23). The summed E-state index contributed by atoms with van der Waals surface area (Å²) >= 11 is 6.02. The Balaban J connectivity index is 1.61. The summed E-state index contributed by atoms with van der Waals surface area (Å²) in [6.45, 7) is 9.36. The molecule has 1 aliphatic heterocycles. The number of anilines is 3. The molecule has 6 nitrogen and oxygen atoms in total. The minimum absolute atomic E-state index is 0.727. The number of nitrogens with zero attached hydrogens (tertiary/aromatic N) is 3. The molecule has 3 rings (SSSR count). The summed E-state index contributed by atoms with van der Waals surface area (Å²) < 4.78 is 5.37. The third-order valence-electron chi connectivity index (χ3n) is 4.13. The van der Waals surface area contributed by atoms with Crippen LogP contribution in [0.5, 0.6) is 0 Å². The number of aromatic nitrogens is 2. The van der Waals surface area contributed by atoms with Gasteiger partial charge in [0.2, 0.25) is 0 Å². The van der Waals surface area contributed by atoms with Crippen LogP contribution in [0, 0.1) is 13.8 Å². The summed E-state index contributed by atoms with van der Waals surface area (Å²) in [5.74, 6) is 2.33. The molecule has 0 spiro atoms. The highest BCUT2D eigenvalue weighted by atomic mass is 35.5. The lowest BCUT2D eigenvalue weighted by atomic mass is 10.2. The van der Waals surface area contributed by atoms with E-state index in [1.54, 1.807) is 0 Å². The van der Waals surface area contributed by atoms with E-state index in [4.69, 9.17) is 16.3 Å². The van der Waals surface area contributed by atoms with E-state index in [1.165, 1.54) is 0 Å². The van der Waals surface area contributed by atoms with Gasteiger partial charge in [-0.3, -0.25) is 4.90 Å². The number of benzene rings is 1. The van der Waals surface area contributed by atoms with Gasteiger partial charge in [0.05, 0.1) is 13.2 Å². The predicted octanol–water partition coefficient (Wildman–Crippen LogP) is 3.23. The number of ether oxygens (including phenoxy) is 1. The van der Waals surface area contributed by atoms with E-state index in [-0.39, 0.29) is 0 Å². The molecule has 1 aromatic carbocycles. The first-order chi connectivity index (χ1) is 12.1. The van der Waals surface area contributed by atoms with Gasteiger partial charge in [-0.15, -0.1) is 0 Å². The number of halogens is 1. The van der Waals surface area contributed by atoms with Crippen molar-refractivity contribution in [1.82, 2.24) is 14.9 Å². The number of nitrogens with one attached hydrogen (secondary N) is 2. The van der Waals surface area contributed by atoms with Gasteiger partial charge in [0.25, 0.3) is 0 Å². The van der Waals surface area contributed by atoms with Crippen molar-refractivity contribution in [2.24, 2.45) is 0 Å². The monoisotopic (exact) mass is 361 g/mol. The van der Waals surface area contributed by atoms with Gasteiger partial charge in [-0.25, -0.2) is 9.97 Å². The SMILES string of the molecule is Cc1nc(NCCN2CCOCC2)cc(Nc2ccc(Cl)cc2C)n1. The molecule has 134 valence electrons. The average Bonchev–Trinajstić information content (AvgIpc) is 2.58. The van der Waals surface area contributed by atoms with Crippen molar-refractivity contribution in [2.75, 3.05) is 50.0 Å². The maximum Gasteiger partial charge on any atom is 0.136 e. The molecule has 0 unspecified atom stereocenters. The zero-order chi connectivity index (χ0) is 17.6. The second-order valence-corrected chi connectivity index (χ2v) is 6.59. The van der Waals surface area contributed by atoms with E-state index in [9.17, 15) is 0 Å². The molecular weight excluding hydrogens is 338 g/mol. The molecule has 0 amide bonds. The first kappa shape index (κ1) is 17.9. The molecule has 2 N–H and O–H groups in total. The fourth-order valence-electron chi connectivity index (χ4n) is 2.79. The summed E-state index contributed by atoms with van der Waals surface area (Å²) in [4.78, 5) is 11.3. The third kappa shape index (κ3) is 5.29. The molecule has 25 heavy (non-hydrogen) atoms. The summed E-state index contributed by atoms with van der Waals surface area (Å²) in [6.07, 6.45) is 0. The van der Waals surface area contributed by atoms with Crippen molar-refractivity contribution < 1.29 is 4.74 Å². The predicted molar refractivity (Wildman–Crippen MR) is 102 cm³/mol. The lowest BCUT2D eigenvalue weighted by Gasteiger charge is -2.26. The Morgan fingerprint density at radius 1 is 1.12 bits per heavy atom. The van der Waals surface area contributed by atoms with Crippen LogP contribution in [0.1, 0.15) is 11.4 Å². The summed E-state index contributed by atoms with van der Waals surface area (Å²) in [6, 6.07) is 7.69. The third-order valence-corrected chi connectivity index (χ3v) is 4.36. The Morgan fingerprint density at radius 2 is 1.88 bits per heavy atom. The van der Waals surface area contributed by atoms with Crippen LogP contribution in [0.15, 0.2) is 24.3 Å². The molecule has 1 fully saturated rings. The van der Waals surface area contributed by atoms with Gasteiger partial charge in [-0.1, -0.05) is 11.6 Å². The van der Waals surface area contributed by atoms with E-state index < -0.39 is 0 Å². The lowest BCUT2D eigenvalue weighted by Crippen LogP contribution is -2.39. The largest absolute Gasteiger partial charge is 0.379 e. The Bertz CT molecular complexity index is 719. The van der Waals surface area contributed by atoms with Crippen LogP contribution in [0.3, 0.4) is 0 Å². The Morgan fingerprint density at radius 3 is 2.64 bits per heavy atom. The molecule has 0 radical (unpaired) electrons. The van der Waals surface area contributed by atoms with Gasteiger partial charge < -0.3 is 15.4 Å². The molecular formula is C18H24ClN5O. The van der Waals surface area contributed by atoms with E-state index >= 15 is 0 Å². The van der Waals surface area contributed by atoms with Crippen molar-refractivity contribution >= 4 is 28.9 Å². The van der Waals surface area contributed by atoms with E-state index in [0.717, 1.165) is 73.1 Å². The minimum atomic E-state index is 0.727. The van der Waals surface area contributed by atoms with E-state index in [1.807, 2.05) is 38.1 Å². The zero-order valence-corrected chi connectivity index (χ0v) is 15.4. The first-order valence-corrected chi connectivity index (χ1v) is 8.91. The Hall–Kier alpha value is -1.89. The van der Waals surface area contributed by atoms with Gasteiger partial charge in [-0.2, -0.15) is 0 Å². The molecule has 2 aromatic rings. The van der Waals surface area contributed by atoms with Crippen LogP contribution in [0.4, 0.5) is 17.3 Å². The zero-order valence-electron chi connectivity index (χ0n) is 14.7. The maximum absolute atomic E-state index is 6.02. The van der Waals surface area contributed by atoms with Gasteiger partial charge in [-0.05, 0) is 37.6 Å².